The van der Waals surface area contributed by atoms with Crippen LogP contribution in [0.25, 0.3) is 0 Å². The normalized spacial score (nSPS) is 20.3. The number of fused-ring (bicyclic) bond motifs is 3. The Balaban J connectivity index is 1.66. The van der Waals surface area contributed by atoms with Crippen LogP contribution in [-0.4, -0.2) is 23.4 Å². The van der Waals surface area contributed by atoms with Gasteiger partial charge >= 0.3 is 0 Å². The van der Waals surface area contributed by atoms with Crippen molar-refractivity contribution in [2.75, 3.05) is 11.9 Å². The second kappa shape index (κ2) is 6.17. The van der Waals surface area contributed by atoms with Gasteiger partial charge in [-0.1, -0.05) is 28.1 Å². The molecule has 4 rings (SSSR count). The number of hydrogen-bond acceptors (Lipinski definition) is 4. The van der Waals surface area contributed by atoms with Gasteiger partial charge in [-0.15, -0.1) is 11.3 Å². The van der Waals surface area contributed by atoms with Crippen LogP contribution in [0, 0.1) is 0 Å². The fraction of sp³-hybridized carbons (Fsp3) is 0.389. The highest BCUT2D eigenvalue weighted by molar-refractivity contribution is 9.10. The van der Waals surface area contributed by atoms with E-state index >= 15 is 0 Å². The zero-order chi connectivity index (χ0) is 16.8. The second-order valence-corrected chi connectivity index (χ2v) is 8.65. The monoisotopic (exact) mass is 405 g/mol. The minimum absolute atomic E-state index is 0.0456. The van der Waals surface area contributed by atoms with E-state index in [0.717, 1.165) is 40.1 Å². The average molecular weight is 406 g/mol. The fourth-order valence-electron chi connectivity index (χ4n) is 3.43. The Labute approximate surface area is 154 Å². The van der Waals surface area contributed by atoms with Gasteiger partial charge in [-0.3, -0.25) is 9.69 Å². The number of carbonyl (C=O) groups excluding carboxylic acids is 1. The Morgan fingerprint density at radius 1 is 1.33 bits per heavy atom. The van der Waals surface area contributed by atoms with Gasteiger partial charge in [0.15, 0.2) is 0 Å². The Kier molecular flexibility index (Phi) is 4.14. The number of amides is 1. The average Bonchev–Trinajstić information content (AvgIpc) is 2.92. The number of nitrogens with one attached hydrogen (secondary N) is 2. The summed E-state index contributed by atoms with van der Waals surface area (Å²) in [6.07, 6.45) is 0.777. The standard InChI is InChI=1S/C18H20BrN3OS/c1-10(2)22-7-6-13-14(9-22)24-18-15(13)17(23)20-16(21-18)11-4-3-5-12(19)8-11/h3-5,8,10,16,21H,6-7,9H2,1-2H3,(H,20,23)/t16-/m1/s1. The molecular formula is C18H20BrN3OS. The van der Waals surface area contributed by atoms with Crippen molar-refractivity contribution in [2.45, 2.75) is 39.0 Å². The summed E-state index contributed by atoms with van der Waals surface area (Å²) < 4.78 is 1.01. The van der Waals surface area contributed by atoms with Gasteiger partial charge in [-0.2, -0.15) is 0 Å². The number of benzene rings is 1. The van der Waals surface area contributed by atoms with E-state index in [9.17, 15) is 4.79 Å². The van der Waals surface area contributed by atoms with Crippen LogP contribution >= 0.6 is 27.3 Å². The lowest BCUT2D eigenvalue weighted by molar-refractivity contribution is 0.0934. The smallest absolute Gasteiger partial charge is 0.256 e. The van der Waals surface area contributed by atoms with Gasteiger partial charge in [0.05, 0.1) is 5.56 Å². The van der Waals surface area contributed by atoms with E-state index in [4.69, 9.17) is 0 Å². The Morgan fingerprint density at radius 3 is 2.92 bits per heavy atom. The van der Waals surface area contributed by atoms with Crippen LogP contribution in [0.4, 0.5) is 5.00 Å². The first-order valence-corrected chi connectivity index (χ1v) is 9.85. The lowest BCUT2D eigenvalue weighted by atomic mass is 9.99. The van der Waals surface area contributed by atoms with Crippen molar-refractivity contribution in [1.82, 2.24) is 10.2 Å². The molecular weight excluding hydrogens is 386 g/mol. The van der Waals surface area contributed by atoms with Crippen molar-refractivity contribution in [3.05, 3.63) is 50.3 Å². The number of nitrogens with zero attached hydrogens (tertiary/aromatic N) is 1. The second-order valence-electron chi connectivity index (χ2n) is 6.63. The lowest BCUT2D eigenvalue weighted by Gasteiger charge is -2.31. The van der Waals surface area contributed by atoms with Gasteiger partial charge in [-0.25, -0.2) is 0 Å². The largest absolute Gasteiger partial charge is 0.353 e. The summed E-state index contributed by atoms with van der Waals surface area (Å²) in [7, 11) is 0. The Morgan fingerprint density at radius 2 is 2.17 bits per heavy atom. The first-order chi connectivity index (χ1) is 11.5. The zero-order valence-corrected chi connectivity index (χ0v) is 16.1. The van der Waals surface area contributed by atoms with Crippen LogP contribution in [-0.2, 0) is 13.0 Å². The molecule has 2 aliphatic heterocycles. The quantitative estimate of drug-likeness (QED) is 0.788. The summed E-state index contributed by atoms with van der Waals surface area (Å²) in [5, 5.41) is 7.64. The van der Waals surface area contributed by atoms with Crippen molar-refractivity contribution in [3.63, 3.8) is 0 Å². The molecule has 24 heavy (non-hydrogen) atoms. The minimum atomic E-state index is -0.177. The van der Waals surface area contributed by atoms with Crippen molar-refractivity contribution in [2.24, 2.45) is 0 Å². The molecule has 0 bridgehead atoms. The predicted molar refractivity (Wildman–Crippen MR) is 102 cm³/mol. The highest BCUT2D eigenvalue weighted by atomic mass is 79.9. The topological polar surface area (TPSA) is 44.4 Å². The van der Waals surface area contributed by atoms with Crippen LogP contribution < -0.4 is 10.6 Å². The lowest BCUT2D eigenvalue weighted by Crippen LogP contribution is -2.39. The van der Waals surface area contributed by atoms with E-state index in [1.807, 2.05) is 24.3 Å². The third kappa shape index (κ3) is 2.76. The molecule has 0 unspecified atom stereocenters. The van der Waals surface area contributed by atoms with Gasteiger partial charge < -0.3 is 10.6 Å². The molecule has 2 aromatic rings. The summed E-state index contributed by atoms with van der Waals surface area (Å²) in [6, 6.07) is 8.58. The molecule has 0 saturated heterocycles. The van der Waals surface area contributed by atoms with E-state index in [-0.39, 0.29) is 12.1 Å². The van der Waals surface area contributed by atoms with Crippen molar-refractivity contribution in [1.29, 1.82) is 0 Å². The highest BCUT2D eigenvalue weighted by Gasteiger charge is 2.33. The van der Waals surface area contributed by atoms with Crippen LogP contribution in [0.3, 0.4) is 0 Å². The number of hydrogen-bond donors (Lipinski definition) is 2. The molecule has 0 radical (unpaired) electrons. The van der Waals surface area contributed by atoms with Crippen LogP contribution in [0.2, 0.25) is 0 Å². The third-order valence-corrected chi connectivity index (χ3v) is 6.42. The first kappa shape index (κ1) is 16.1. The number of carbonyl (C=O) groups is 1. The van der Waals surface area contributed by atoms with Crippen molar-refractivity contribution in [3.8, 4) is 0 Å². The van der Waals surface area contributed by atoms with Crippen LogP contribution in [0.15, 0.2) is 28.7 Å². The molecule has 1 aromatic heterocycles. The van der Waals surface area contributed by atoms with Gasteiger partial charge in [0.25, 0.3) is 5.91 Å². The summed E-state index contributed by atoms with van der Waals surface area (Å²) in [5.74, 6) is 0.0456. The molecule has 0 fully saturated rings. The third-order valence-electron chi connectivity index (χ3n) is 4.78. The molecule has 2 N–H and O–H groups in total. The molecule has 0 aliphatic carbocycles. The van der Waals surface area contributed by atoms with E-state index < -0.39 is 0 Å². The summed E-state index contributed by atoms with van der Waals surface area (Å²) in [6.45, 7) is 6.43. The van der Waals surface area contributed by atoms with Crippen LogP contribution in [0.5, 0.6) is 0 Å². The maximum absolute atomic E-state index is 12.7. The molecule has 126 valence electrons. The predicted octanol–water partition coefficient (Wildman–Crippen LogP) is 4.13. The fourth-order valence-corrected chi connectivity index (χ4v) is 5.14. The Bertz CT molecular complexity index is 802. The summed E-state index contributed by atoms with van der Waals surface area (Å²) in [4.78, 5) is 16.5. The molecule has 2 aliphatic rings. The maximum Gasteiger partial charge on any atom is 0.256 e. The van der Waals surface area contributed by atoms with E-state index in [1.165, 1.54) is 10.4 Å². The Hall–Kier alpha value is -1.37. The molecule has 4 nitrogen and oxygen atoms in total. The highest BCUT2D eigenvalue weighted by Crippen LogP contribution is 2.41. The number of anilines is 1. The molecule has 0 saturated carbocycles. The number of halogens is 1. The first-order valence-electron chi connectivity index (χ1n) is 8.24. The van der Waals surface area contributed by atoms with Gasteiger partial charge in [0.2, 0.25) is 0 Å². The van der Waals surface area contributed by atoms with E-state index in [2.05, 4.69) is 45.3 Å². The van der Waals surface area contributed by atoms with Crippen molar-refractivity contribution < 1.29 is 4.79 Å². The number of rotatable bonds is 2. The zero-order valence-electron chi connectivity index (χ0n) is 13.7. The summed E-state index contributed by atoms with van der Waals surface area (Å²) in [5.41, 5.74) is 3.16. The molecule has 3 heterocycles. The summed E-state index contributed by atoms with van der Waals surface area (Å²) >= 11 is 5.24. The SMILES string of the molecule is CC(C)N1CCc2c(sc3c2C(=O)N[C@@H](c2cccc(Br)c2)N3)C1. The van der Waals surface area contributed by atoms with Crippen LogP contribution in [0.1, 0.15) is 46.4 Å². The van der Waals surface area contributed by atoms with E-state index in [0.29, 0.717) is 6.04 Å². The van der Waals surface area contributed by atoms with Gasteiger partial charge in [-0.05, 0) is 43.5 Å². The minimum Gasteiger partial charge on any atom is -0.353 e. The molecule has 1 atom stereocenters. The molecule has 1 aromatic carbocycles. The van der Waals surface area contributed by atoms with Crippen molar-refractivity contribution >= 4 is 38.2 Å². The molecule has 1 amide bonds. The van der Waals surface area contributed by atoms with Gasteiger partial charge in [0, 0.05) is 28.5 Å². The van der Waals surface area contributed by atoms with Gasteiger partial charge in [0.1, 0.15) is 11.2 Å². The maximum atomic E-state index is 12.7. The molecule has 0 spiro atoms. The van der Waals surface area contributed by atoms with E-state index in [1.54, 1.807) is 11.3 Å². The molecule has 6 heteroatoms. The number of thiophene rings is 1.